The summed E-state index contributed by atoms with van der Waals surface area (Å²) in [6.07, 6.45) is 0. The monoisotopic (exact) mass is 201 g/mol. The van der Waals surface area contributed by atoms with Gasteiger partial charge in [-0.25, -0.2) is 4.98 Å². The lowest BCUT2D eigenvalue weighted by atomic mass is 10.1. The van der Waals surface area contributed by atoms with Crippen LogP contribution in [0, 0.1) is 20.8 Å². The Morgan fingerprint density at radius 3 is 2.47 bits per heavy atom. The minimum Gasteiger partial charge on any atom is -0.494 e. The van der Waals surface area contributed by atoms with Gasteiger partial charge in [0, 0.05) is 11.1 Å². The van der Waals surface area contributed by atoms with Crippen LogP contribution in [0.3, 0.4) is 0 Å². The molecule has 0 fully saturated rings. The Morgan fingerprint density at radius 1 is 1.07 bits per heavy atom. The Labute approximate surface area is 89.9 Å². The Bertz CT molecular complexity index is 517. The second-order valence-corrected chi connectivity index (χ2v) is 3.93. The molecule has 0 bridgehead atoms. The maximum atomic E-state index is 5.34. The lowest BCUT2D eigenvalue weighted by molar-refractivity contribution is 0.418. The topological polar surface area (TPSA) is 22.1 Å². The van der Waals surface area contributed by atoms with E-state index < -0.39 is 0 Å². The molecule has 0 saturated carbocycles. The Hall–Kier alpha value is -1.57. The van der Waals surface area contributed by atoms with Crippen molar-refractivity contribution in [3.05, 3.63) is 35.0 Å². The van der Waals surface area contributed by atoms with E-state index >= 15 is 0 Å². The number of benzene rings is 1. The van der Waals surface area contributed by atoms with E-state index in [1.807, 2.05) is 13.0 Å². The number of aryl methyl sites for hydroxylation is 3. The molecule has 0 aliphatic carbocycles. The molecule has 1 aromatic carbocycles. The lowest BCUT2D eigenvalue weighted by Gasteiger charge is -2.08. The van der Waals surface area contributed by atoms with Gasteiger partial charge in [0.15, 0.2) is 0 Å². The van der Waals surface area contributed by atoms with Crippen molar-refractivity contribution < 1.29 is 4.74 Å². The minimum atomic E-state index is 0.855. The highest BCUT2D eigenvalue weighted by molar-refractivity contribution is 5.86. The summed E-state index contributed by atoms with van der Waals surface area (Å²) in [5, 5.41) is 1.15. The standard InChI is InChI=1S/C13H15NO/c1-8-5-11-7-9(2)10(3)14-13(11)12(6-8)15-4/h5-7H,1-4H3. The summed E-state index contributed by atoms with van der Waals surface area (Å²) in [6, 6.07) is 6.31. The quantitative estimate of drug-likeness (QED) is 0.707. The fraction of sp³-hybridized carbons (Fsp3) is 0.308. The number of hydrogen-bond donors (Lipinski definition) is 0. The van der Waals surface area contributed by atoms with Crippen molar-refractivity contribution in [2.75, 3.05) is 7.11 Å². The first-order chi connectivity index (χ1) is 7.11. The summed E-state index contributed by atoms with van der Waals surface area (Å²) in [4.78, 5) is 4.56. The molecule has 0 aliphatic heterocycles. The Kier molecular flexibility index (Phi) is 2.35. The van der Waals surface area contributed by atoms with Gasteiger partial charge in [0.2, 0.25) is 0 Å². The zero-order valence-corrected chi connectivity index (χ0v) is 9.59. The first-order valence-electron chi connectivity index (χ1n) is 5.04. The van der Waals surface area contributed by atoms with Gasteiger partial charge in [-0.15, -0.1) is 0 Å². The maximum absolute atomic E-state index is 5.34. The molecule has 1 aromatic heterocycles. The maximum Gasteiger partial charge on any atom is 0.145 e. The second-order valence-electron chi connectivity index (χ2n) is 3.93. The number of aromatic nitrogens is 1. The van der Waals surface area contributed by atoms with Crippen molar-refractivity contribution in [3.8, 4) is 5.75 Å². The summed E-state index contributed by atoms with van der Waals surface area (Å²) in [7, 11) is 1.69. The van der Waals surface area contributed by atoms with Crippen LogP contribution in [0.2, 0.25) is 0 Å². The first kappa shape index (κ1) is 9.97. The Morgan fingerprint density at radius 2 is 1.80 bits per heavy atom. The third-order valence-corrected chi connectivity index (χ3v) is 2.69. The van der Waals surface area contributed by atoms with Gasteiger partial charge in [0.1, 0.15) is 11.3 Å². The van der Waals surface area contributed by atoms with E-state index in [1.165, 1.54) is 11.1 Å². The van der Waals surface area contributed by atoms with Gasteiger partial charge in [-0.1, -0.05) is 0 Å². The third kappa shape index (κ3) is 1.67. The molecule has 2 aromatic rings. The van der Waals surface area contributed by atoms with Crippen LogP contribution in [0.25, 0.3) is 10.9 Å². The first-order valence-corrected chi connectivity index (χ1v) is 5.04. The molecule has 2 heteroatoms. The number of nitrogens with zero attached hydrogens (tertiary/aromatic N) is 1. The third-order valence-electron chi connectivity index (χ3n) is 2.69. The number of fused-ring (bicyclic) bond motifs is 1. The number of methoxy groups -OCH3 is 1. The fourth-order valence-electron chi connectivity index (χ4n) is 1.75. The van der Waals surface area contributed by atoms with Crippen molar-refractivity contribution in [1.29, 1.82) is 0 Å². The molecule has 0 atom stereocenters. The largest absolute Gasteiger partial charge is 0.494 e. The van der Waals surface area contributed by atoms with Gasteiger partial charge in [0.05, 0.1) is 7.11 Å². The summed E-state index contributed by atoms with van der Waals surface area (Å²) in [5.74, 6) is 0.855. The molecule has 0 aliphatic rings. The van der Waals surface area contributed by atoms with E-state index in [9.17, 15) is 0 Å². The van der Waals surface area contributed by atoms with Crippen molar-refractivity contribution in [3.63, 3.8) is 0 Å². The number of pyridine rings is 1. The summed E-state index contributed by atoms with van der Waals surface area (Å²) in [5.41, 5.74) is 4.43. The van der Waals surface area contributed by atoms with Gasteiger partial charge in [-0.2, -0.15) is 0 Å². The molecule has 0 radical (unpaired) electrons. The second kappa shape index (κ2) is 3.54. The molecule has 0 N–H and O–H groups in total. The summed E-state index contributed by atoms with van der Waals surface area (Å²) >= 11 is 0. The Balaban J connectivity index is 2.84. The van der Waals surface area contributed by atoms with E-state index in [2.05, 4.69) is 31.0 Å². The van der Waals surface area contributed by atoms with Crippen LogP contribution in [0.4, 0.5) is 0 Å². The molecule has 2 nitrogen and oxygen atoms in total. The normalized spacial score (nSPS) is 10.7. The van der Waals surface area contributed by atoms with E-state index in [0.717, 1.165) is 22.3 Å². The molecule has 0 unspecified atom stereocenters. The average molecular weight is 201 g/mol. The zero-order valence-electron chi connectivity index (χ0n) is 9.59. The average Bonchev–Trinajstić information content (AvgIpc) is 2.19. The van der Waals surface area contributed by atoms with E-state index in [1.54, 1.807) is 7.11 Å². The number of hydrogen-bond acceptors (Lipinski definition) is 2. The van der Waals surface area contributed by atoms with Crippen LogP contribution in [0.15, 0.2) is 18.2 Å². The van der Waals surface area contributed by atoms with Crippen molar-refractivity contribution in [2.45, 2.75) is 20.8 Å². The predicted octanol–water partition coefficient (Wildman–Crippen LogP) is 3.17. The van der Waals surface area contributed by atoms with Gasteiger partial charge >= 0.3 is 0 Å². The molecule has 0 amide bonds. The number of ether oxygens (including phenoxy) is 1. The van der Waals surface area contributed by atoms with E-state index in [0.29, 0.717) is 0 Å². The summed E-state index contributed by atoms with van der Waals surface area (Å²) < 4.78 is 5.34. The van der Waals surface area contributed by atoms with Crippen LogP contribution in [-0.4, -0.2) is 12.1 Å². The molecule has 2 rings (SSSR count). The van der Waals surface area contributed by atoms with Gasteiger partial charge in [-0.3, -0.25) is 0 Å². The van der Waals surface area contributed by atoms with Crippen molar-refractivity contribution in [2.24, 2.45) is 0 Å². The highest BCUT2D eigenvalue weighted by Gasteiger charge is 2.06. The van der Waals surface area contributed by atoms with Crippen LogP contribution in [0.1, 0.15) is 16.8 Å². The molecular weight excluding hydrogens is 186 g/mol. The molecule has 0 spiro atoms. The highest BCUT2D eigenvalue weighted by atomic mass is 16.5. The van der Waals surface area contributed by atoms with Crippen molar-refractivity contribution in [1.82, 2.24) is 4.98 Å². The highest BCUT2D eigenvalue weighted by Crippen LogP contribution is 2.26. The van der Waals surface area contributed by atoms with Gasteiger partial charge in [-0.05, 0) is 50.1 Å². The van der Waals surface area contributed by atoms with Gasteiger partial charge in [0.25, 0.3) is 0 Å². The van der Waals surface area contributed by atoms with E-state index in [-0.39, 0.29) is 0 Å². The van der Waals surface area contributed by atoms with Crippen LogP contribution < -0.4 is 4.74 Å². The molecular formula is C13H15NO. The molecule has 15 heavy (non-hydrogen) atoms. The zero-order chi connectivity index (χ0) is 11.0. The van der Waals surface area contributed by atoms with E-state index in [4.69, 9.17) is 4.74 Å². The van der Waals surface area contributed by atoms with Crippen molar-refractivity contribution >= 4 is 10.9 Å². The molecule has 78 valence electrons. The van der Waals surface area contributed by atoms with Gasteiger partial charge < -0.3 is 4.74 Å². The smallest absolute Gasteiger partial charge is 0.145 e. The van der Waals surface area contributed by atoms with Crippen LogP contribution in [0.5, 0.6) is 5.75 Å². The van der Waals surface area contributed by atoms with Crippen LogP contribution in [-0.2, 0) is 0 Å². The fourth-order valence-corrected chi connectivity index (χ4v) is 1.75. The number of rotatable bonds is 1. The van der Waals surface area contributed by atoms with Crippen LogP contribution >= 0.6 is 0 Å². The lowest BCUT2D eigenvalue weighted by Crippen LogP contribution is -1.93. The molecule has 1 heterocycles. The summed E-state index contributed by atoms with van der Waals surface area (Å²) in [6.45, 7) is 6.17. The predicted molar refractivity (Wildman–Crippen MR) is 62.5 cm³/mol. The minimum absolute atomic E-state index is 0.855. The SMILES string of the molecule is COc1cc(C)cc2cc(C)c(C)nc12. The molecule has 0 saturated heterocycles.